The fourth-order valence-electron chi connectivity index (χ4n) is 2.42. The van der Waals surface area contributed by atoms with Crippen molar-refractivity contribution in [2.24, 2.45) is 5.92 Å². The number of carbonyl (C=O) groups excluding carboxylic acids is 2. The summed E-state index contributed by atoms with van der Waals surface area (Å²) in [7, 11) is 0. The molecule has 1 aliphatic rings. The number of piperidine rings is 1. The van der Waals surface area contributed by atoms with E-state index in [9.17, 15) is 9.59 Å². The van der Waals surface area contributed by atoms with Gasteiger partial charge in [0.05, 0.1) is 0 Å². The smallest absolute Gasteiger partial charge is 0.251 e. The molecule has 22 heavy (non-hydrogen) atoms. The van der Waals surface area contributed by atoms with Gasteiger partial charge in [-0.3, -0.25) is 9.59 Å². The number of halogens is 1. The van der Waals surface area contributed by atoms with Crippen LogP contribution in [0.15, 0.2) is 24.3 Å². The zero-order chi connectivity index (χ0) is 15.2. The van der Waals surface area contributed by atoms with Crippen LogP contribution in [0.3, 0.4) is 0 Å². The summed E-state index contributed by atoms with van der Waals surface area (Å²) in [6.07, 6.45) is 1.49. The quantitative estimate of drug-likeness (QED) is 0.794. The first-order chi connectivity index (χ1) is 10.1. The standard InChI is InChI=1S/C16H23N3O2.ClH/c1-3-15(20)18-13-6-4-5-12(9-13)16(21)19-14-10-17-8-7-11(14)2;/h4-6,9,11,14,17H,3,7-8,10H2,1-2H3,(H,18,20)(H,19,21);1H. The highest BCUT2D eigenvalue weighted by Crippen LogP contribution is 2.14. The Bertz CT molecular complexity index is 522. The summed E-state index contributed by atoms with van der Waals surface area (Å²) in [5.74, 6) is 0.319. The van der Waals surface area contributed by atoms with E-state index in [2.05, 4.69) is 22.9 Å². The lowest BCUT2D eigenvalue weighted by molar-refractivity contribution is -0.115. The van der Waals surface area contributed by atoms with E-state index >= 15 is 0 Å². The predicted octanol–water partition coefficient (Wildman–Crippen LogP) is 2.18. The Morgan fingerprint density at radius 1 is 1.36 bits per heavy atom. The molecule has 1 aromatic rings. The minimum Gasteiger partial charge on any atom is -0.348 e. The van der Waals surface area contributed by atoms with Crippen LogP contribution in [-0.2, 0) is 4.79 Å². The van der Waals surface area contributed by atoms with Crippen LogP contribution in [0, 0.1) is 5.92 Å². The average molecular weight is 326 g/mol. The highest BCUT2D eigenvalue weighted by atomic mass is 35.5. The highest BCUT2D eigenvalue weighted by molar-refractivity contribution is 5.97. The second-order valence-corrected chi connectivity index (χ2v) is 5.53. The Kier molecular flexibility index (Phi) is 7.35. The third-order valence-electron chi connectivity index (χ3n) is 3.87. The van der Waals surface area contributed by atoms with Gasteiger partial charge in [0.1, 0.15) is 0 Å². The maximum atomic E-state index is 12.3. The molecule has 122 valence electrons. The zero-order valence-electron chi connectivity index (χ0n) is 13.0. The van der Waals surface area contributed by atoms with E-state index in [4.69, 9.17) is 0 Å². The van der Waals surface area contributed by atoms with Gasteiger partial charge >= 0.3 is 0 Å². The van der Waals surface area contributed by atoms with Crippen LogP contribution in [0.1, 0.15) is 37.0 Å². The van der Waals surface area contributed by atoms with Crippen molar-refractivity contribution < 1.29 is 9.59 Å². The summed E-state index contributed by atoms with van der Waals surface area (Å²) in [5.41, 5.74) is 1.23. The minimum absolute atomic E-state index is 0. The van der Waals surface area contributed by atoms with Crippen molar-refractivity contribution in [3.8, 4) is 0 Å². The van der Waals surface area contributed by atoms with E-state index < -0.39 is 0 Å². The van der Waals surface area contributed by atoms with Crippen LogP contribution in [0.25, 0.3) is 0 Å². The van der Waals surface area contributed by atoms with E-state index in [0.29, 0.717) is 23.6 Å². The minimum atomic E-state index is -0.0943. The molecule has 2 atom stereocenters. The molecule has 2 amide bonds. The Balaban J connectivity index is 0.00000242. The molecule has 0 bridgehead atoms. The molecule has 5 nitrogen and oxygen atoms in total. The van der Waals surface area contributed by atoms with E-state index in [1.54, 1.807) is 31.2 Å². The van der Waals surface area contributed by atoms with Gasteiger partial charge in [0.15, 0.2) is 0 Å². The average Bonchev–Trinajstić information content (AvgIpc) is 2.49. The fourth-order valence-corrected chi connectivity index (χ4v) is 2.42. The lowest BCUT2D eigenvalue weighted by Gasteiger charge is -2.30. The van der Waals surface area contributed by atoms with E-state index in [0.717, 1.165) is 19.5 Å². The zero-order valence-corrected chi connectivity index (χ0v) is 13.8. The normalized spacial score (nSPS) is 20.6. The summed E-state index contributed by atoms with van der Waals surface area (Å²) in [5, 5.41) is 9.13. The van der Waals surface area contributed by atoms with Crippen molar-refractivity contribution in [2.45, 2.75) is 32.7 Å². The maximum absolute atomic E-state index is 12.3. The molecular formula is C16H24ClN3O2. The van der Waals surface area contributed by atoms with Crippen molar-refractivity contribution in [1.29, 1.82) is 0 Å². The molecule has 0 aliphatic carbocycles. The van der Waals surface area contributed by atoms with Crippen molar-refractivity contribution in [3.05, 3.63) is 29.8 Å². The van der Waals surface area contributed by atoms with Crippen LogP contribution < -0.4 is 16.0 Å². The van der Waals surface area contributed by atoms with Crippen molar-refractivity contribution >= 4 is 29.9 Å². The third kappa shape index (κ3) is 5.00. The Morgan fingerprint density at radius 2 is 2.14 bits per heavy atom. The maximum Gasteiger partial charge on any atom is 0.251 e. The van der Waals surface area contributed by atoms with Gasteiger partial charge in [-0.25, -0.2) is 0 Å². The Labute approximate surface area is 137 Å². The van der Waals surface area contributed by atoms with Crippen LogP contribution in [0.5, 0.6) is 0 Å². The molecule has 1 aromatic carbocycles. The number of amides is 2. The summed E-state index contributed by atoms with van der Waals surface area (Å²) >= 11 is 0. The molecule has 3 N–H and O–H groups in total. The number of carbonyl (C=O) groups is 2. The summed E-state index contributed by atoms with van der Waals surface area (Å²) in [6.45, 7) is 5.76. The molecule has 2 unspecified atom stereocenters. The van der Waals surface area contributed by atoms with Gasteiger partial charge < -0.3 is 16.0 Å². The topological polar surface area (TPSA) is 70.2 Å². The van der Waals surface area contributed by atoms with Crippen LogP contribution in [0.4, 0.5) is 5.69 Å². The fraction of sp³-hybridized carbons (Fsp3) is 0.500. The molecule has 0 radical (unpaired) electrons. The molecule has 0 aromatic heterocycles. The molecular weight excluding hydrogens is 302 g/mol. The van der Waals surface area contributed by atoms with Gasteiger partial charge in [0.25, 0.3) is 5.91 Å². The number of nitrogens with one attached hydrogen (secondary N) is 3. The van der Waals surface area contributed by atoms with Gasteiger partial charge in [-0.15, -0.1) is 12.4 Å². The molecule has 0 saturated carbocycles. The Morgan fingerprint density at radius 3 is 2.82 bits per heavy atom. The second kappa shape index (κ2) is 8.76. The van der Waals surface area contributed by atoms with E-state index in [-0.39, 0.29) is 30.3 Å². The third-order valence-corrected chi connectivity index (χ3v) is 3.87. The number of hydrogen-bond acceptors (Lipinski definition) is 3. The number of benzene rings is 1. The van der Waals surface area contributed by atoms with Crippen molar-refractivity contribution in [3.63, 3.8) is 0 Å². The summed E-state index contributed by atoms with van der Waals surface area (Å²) in [6, 6.07) is 7.19. The highest BCUT2D eigenvalue weighted by Gasteiger charge is 2.23. The molecule has 1 saturated heterocycles. The van der Waals surface area contributed by atoms with E-state index in [1.807, 2.05) is 0 Å². The van der Waals surface area contributed by atoms with Crippen molar-refractivity contribution in [2.75, 3.05) is 18.4 Å². The van der Waals surface area contributed by atoms with Gasteiger partial charge in [0.2, 0.25) is 5.91 Å². The van der Waals surface area contributed by atoms with Crippen LogP contribution in [-0.4, -0.2) is 30.9 Å². The van der Waals surface area contributed by atoms with Crippen LogP contribution >= 0.6 is 12.4 Å². The van der Waals surface area contributed by atoms with Crippen LogP contribution in [0.2, 0.25) is 0 Å². The van der Waals surface area contributed by atoms with Crippen molar-refractivity contribution in [1.82, 2.24) is 10.6 Å². The van der Waals surface area contributed by atoms with Gasteiger partial charge in [-0.1, -0.05) is 19.9 Å². The first-order valence-corrected chi connectivity index (χ1v) is 7.51. The second-order valence-electron chi connectivity index (χ2n) is 5.53. The molecule has 1 aliphatic heterocycles. The first kappa shape index (κ1) is 18.5. The first-order valence-electron chi connectivity index (χ1n) is 7.51. The van der Waals surface area contributed by atoms with E-state index in [1.165, 1.54) is 0 Å². The summed E-state index contributed by atoms with van der Waals surface area (Å²) in [4.78, 5) is 23.7. The molecule has 6 heteroatoms. The predicted molar refractivity (Wildman–Crippen MR) is 90.5 cm³/mol. The summed E-state index contributed by atoms with van der Waals surface area (Å²) < 4.78 is 0. The largest absolute Gasteiger partial charge is 0.348 e. The number of rotatable bonds is 4. The van der Waals surface area contributed by atoms with Gasteiger partial charge in [-0.2, -0.15) is 0 Å². The molecule has 1 fully saturated rings. The lowest BCUT2D eigenvalue weighted by Crippen LogP contribution is -2.50. The van der Waals surface area contributed by atoms with Gasteiger partial charge in [0, 0.05) is 30.3 Å². The van der Waals surface area contributed by atoms with Gasteiger partial charge in [-0.05, 0) is 37.1 Å². The molecule has 1 heterocycles. The lowest BCUT2D eigenvalue weighted by atomic mass is 9.94. The SMILES string of the molecule is CCC(=O)Nc1cccc(C(=O)NC2CNCCC2C)c1.Cl. The number of hydrogen-bond donors (Lipinski definition) is 3. The Hall–Kier alpha value is -1.59. The number of anilines is 1. The molecule has 2 rings (SSSR count). The monoisotopic (exact) mass is 325 g/mol. The molecule has 0 spiro atoms.